The van der Waals surface area contributed by atoms with E-state index in [1.807, 2.05) is 0 Å². The molecule has 3 aromatic rings. The van der Waals surface area contributed by atoms with Gasteiger partial charge >= 0.3 is 6.18 Å². The lowest BCUT2D eigenvalue weighted by Crippen LogP contribution is -2.40. The first-order chi connectivity index (χ1) is 16.1. The Morgan fingerprint density at radius 3 is 2.53 bits per heavy atom. The van der Waals surface area contributed by atoms with Gasteiger partial charge in [0.1, 0.15) is 11.5 Å². The molecule has 180 valence electrons. The molecule has 1 atom stereocenters. The Balaban J connectivity index is 1.36. The van der Waals surface area contributed by atoms with Gasteiger partial charge in [-0.2, -0.15) is 28.8 Å². The van der Waals surface area contributed by atoms with Gasteiger partial charge in [0.2, 0.25) is 10.0 Å². The summed E-state index contributed by atoms with van der Waals surface area (Å²) in [6, 6.07) is 12.3. The highest BCUT2D eigenvalue weighted by Gasteiger charge is 2.39. The maximum Gasteiger partial charge on any atom is 0.416 e. The van der Waals surface area contributed by atoms with Crippen molar-refractivity contribution in [2.45, 2.75) is 42.8 Å². The summed E-state index contributed by atoms with van der Waals surface area (Å²) in [5.74, 6) is 0.324. The molecule has 4 rings (SSSR count). The van der Waals surface area contributed by atoms with E-state index < -0.39 is 27.8 Å². The number of sulfonamides is 1. The summed E-state index contributed by atoms with van der Waals surface area (Å²) in [6.07, 6.45) is -2.69. The third-order valence-corrected chi connectivity index (χ3v) is 8.39. The first kappa shape index (κ1) is 24.4. The van der Waals surface area contributed by atoms with E-state index in [2.05, 4.69) is 0 Å². The van der Waals surface area contributed by atoms with E-state index in [-0.39, 0.29) is 22.8 Å². The number of hydrogen-bond donors (Lipinski definition) is 0. The van der Waals surface area contributed by atoms with Crippen LogP contribution in [0, 0.1) is 0 Å². The van der Waals surface area contributed by atoms with E-state index >= 15 is 0 Å². The molecule has 0 spiro atoms. The van der Waals surface area contributed by atoms with Crippen LogP contribution in [0.15, 0.2) is 70.3 Å². The van der Waals surface area contributed by atoms with Crippen LogP contribution in [0.3, 0.4) is 0 Å². The first-order valence-corrected chi connectivity index (χ1v) is 13.0. The Morgan fingerprint density at radius 1 is 1.09 bits per heavy atom. The zero-order chi connectivity index (χ0) is 24.3. The molecule has 1 aromatic heterocycles. The minimum atomic E-state index is -4.45. The van der Waals surface area contributed by atoms with Crippen LogP contribution in [0.25, 0.3) is 0 Å². The molecule has 5 nitrogen and oxygen atoms in total. The lowest BCUT2D eigenvalue weighted by atomic mass is 10.0. The van der Waals surface area contributed by atoms with Gasteiger partial charge in [-0.15, -0.1) is 0 Å². The predicted octanol–water partition coefficient (Wildman–Crippen LogP) is 5.91. The van der Waals surface area contributed by atoms with Crippen molar-refractivity contribution in [2.24, 2.45) is 0 Å². The monoisotopic (exact) mass is 509 g/mol. The molecular formula is C24H22F3NO4S2. The molecule has 0 N–H and O–H groups in total. The van der Waals surface area contributed by atoms with Gasteiger partial charge in [-0.3, -0.25) is 4.79 Å². The van der Waals surface area contributed by atoms with Crippen LogP contribution in [-0.2, 0) is 27.4 Å². The summed E-state index contributed by atoms with van der Waals surface area (Å²) in [4.78, 5) is 13.1. The summed E-state index contributed by atoms with van der Waals surface area (Å²) >= 11 is 1.29. The van der Waals surface area contributed by atoms with Crippen LogP contribution in [0.4, 0.5) is 13.2 Å². The number of nitrogens with zero attached hydrogens (tertiary/aromatic N) is 1. The van der Waals surface area contributed by atoms with E-state index in [9.17, 15) is 26.4 Å². The summed E-state index contributed by atoms with van der Waals surface area (Å²) < 4.78 is 71.1. The molecule has 1 aliphatic rings. The van der Waals surface area contributed by atoms with E-state index in [0.29, 0.717) is 31.6 Å². The van der Waals surface area contributed by atoms with Crippen molar-refractivity contribution >= 4 is 27.1 Å². The van der Waals surface area contributed by atoms with Crippen LogP contribution in [0.2, 0.25) is 0 Å². The highest BCUT2D eigenvalue weighted by Crippen LogP contribution is 2.33. The second kappa shape index (κ2) is 9.89. The molecular weight excluding hydrogens is 487 g/mol. The smallest absolute Gasteiger partial charge is 0.416 e. The zero-order valence-corrected chi connectivity index (χ0v) is 19.6. The molecule has 1 saturated heterocycles. The largest absolute Gasteiger partial charge is 0.457 e. The van der Waals surface area contributed by atoms with Crippen LogP contribution in [0.1, 0.15) is 30.4 Å². The Morgan fingerprint density at radius 2 is 1.85 bits per heavy atom. The maximum atomic E-state index is 12.9. The molecule has 1 fully saturated rings. The highest BCUT2D eigenvalue weighted by molar-refractivity contribution is 7.89. The van der Waals surface area contributed by atoms with Gasteiger partial charge in [0.05, 0.1) is 16.5 Å². The normalized spacial score (nSPS) is 17.1. The number of carbonyl (C=O) groups is 1. The summed E-state index contributed by atoms with van der Waals surface area (Å²) in [7, 11) is -3.68. The number of alkyl halides is 3. The number of ketones is 1. The van der Waals surface area contributed by atoms with Crippen molar-refractivity contribution in [2.75, 3.05) is 6.54 Å². The minimum absolute atomic E-state index is 0.0749. The average molecular weight is 510 g/mol. The Bertz CT molecular complexity index is 1240. The topological polar surface area (TPSA) is 63.7 Å². The molecule has 0 unspecified atom stereocenters. The Hall–Kier alpha value is -2.69. The third-order valence-electron chi connectivity index (χ3n) is 5.66. The number of halogens is 3. The number of benzene rings is 2. The van der Waals surface area contributed by atoms with E-state index in [4.69, 9.17) is 4.74 Å². The molecule has 2 heterocycles. The summed E-state index contributed by atoms with van der Waals surface area (Å²) in [6.45, 7) is 0.330. The lowest BCUT2D eigenvalue weighted by Gasteiger charge is -2.22. The third kappa shape index (κ3) is 5.51. The molecule has 0 aliphatic carbocycles. The van der Waals surface area contributed by atoms with E-state index in [1.54, 1.807) is 41.1 Å². The molecule has 0 bridgehead atoms. The van der Waals surface area contributed by atoms with Crippen molar-refractivity contribution < 1.29 is 31.1 Å². The van der Waals surface area contributed by atoms with Crippen molar-refractivity contribution in [3.05, 3.63) is 76.5 Å². The molecule has 34 heavy (non-hydrogen) atoms. The maximum absolute atomic E-state index is 12.9. The highest BCUT2D eigenvalue weighted by atomic mass is 32.2. The van der Waals surface area contributed by atoms with Gasteiger partial charge < -0.3 is 4.74 Å². The standard InChI is InChI=1S/C24H22F3NO4S2/c25-24(26,27)18-3-1-4-20(15-18)32-19-9-6-17(7-10-19)8-11-23(29)22-5-2-13-28(22)34(30,31)21-12-14-33-16-21/h1,3-4,6-7,9-10,12,14-16,22H,2,5,8,11,13H2/t22-/m0/s1. The molecule has 10 heteroatoms. The fourth-order valence-electron chi connectivity index (χ4n) is 3.91. The molecule has 1 aliphatic heterocycles. The van der Waals surface area contributed by atoms with Gasteiger partial charge in [-0.25, -0.2) is 8.42 Å². The van der Waals surface area contributed by atoms with Gasteiger partial charge in [0.25, 0.3) is 0 Å². The van der Waals surface area contributed by atoms with E-state index in [0.717, 1.165) is 17.7 Å². The SMILES string of the molecule is O=C(CCc1ccc(Oc2cccc(C(F)(F)F)c2)cc1)[C@@H]1CCCN1S(=O)(=O)c1ccsc1. The number of rotatable bonds is 8. The second-order valence-electron chi connectivity index (χ2n) is 7.97. The average Bonchev–Trinajstić information content (AvgIpc) is 3.51. The molecule has 0 saturated carbocycles. The predicted molar refractivity (Wildman–Crippen MR) is 123 cm³/mol. The van der Waals surface area contributed by atoms with Crippen molar-refractivity contribution in [3.63, 3.8) is 0 Å². The quantitative estimate of drug-likeness (QED) is 0.379. The van der Waals surface area contributed by atoms with Gasteiger partial charge in [0, 0.05) is 18.3 Å². The number of Topliss-reactive ketones (excluding diaryl/α,β-unsaturated/α-hetero) is 1. The molecule has 2 aromatic carbocycles. The Kier molecular flexibility index (Phi) is 7.11. The van der Waals surface area contributed by atoms with Crippen LogP contribution < -0.4 is 4.74 Å². The molecule has 0 radical (unpaired) electrons. The van der Waals surface area contributed by atoms with Crippen LogP contribution >= 0.6 is 11.3 Å². The number of hydrogen-bond acceptors (Lipinski definition) is 5. The van der Waals surface area contributed by atoms with Crippen LogP contribution in [-0.4, -0.2) is 31.1 Å². The first-order valence-electron chi connectivity index (χ1n) is 10.7. The second-order valence-corrected chi connectivity index (χ2v) is 10.6. The molecule has 0 amide bonds. The van der Waals surface area contributed by atoms with Gasteiger partial charge in [0.15, 0.2) is 5.78 Å². The van der Waals surface area contributed by atoms with Crippen molar-refractivity contribution in [3.8, 4) is 11.5 Å². The zero-order valence-electron chi connectivity index (χ0n) is 18.0. The summed E-state index contributed by atoms with van der Waals surface area (Å²) in [5.41, 5.74) is 0.0529. The van der Waals surface area contributed by atoms with Crippen LogP contribution in [0.5, 0.6) is 11.5 Å². The lowest BCUT2D eigenvalue weighted by molar-refractivity contribution is -0.137. The summed E-state index contributed by atoms with van der Waals surface area (Å²) in [5, 5.41) is 3.26. The van der Waals surface area contributed by atoms with Crippen molar-refractivity contribution in [1.82, 2.24) is 4.31 Å². The minimum Gasteiger partial charge on any atom is -0.457 e. The Labute approximate surface area is 199 Å². The number of carbonyl (C=O) groups excluding carboxylic acids is 1. The fraction of sp³-hybridized carbons (Fsp3) is 0.292. The van der Waals surface area contributed by atoms with Gasteiger partial charge in [-0.1, -0.05) is 18.2 Å². The van der Waals surface area contributed by atoms with Crippen molar-refractivity contribution in [1.29, 1.82) is 0 Å². The fourth-order valence-corrected chi connectivity index (χ4v) is 6.61. The number of aryl methyl sites for hydroxylation is 1. The number of thiophene rings is 1. The van der Waals surface area contributed by atoms with E-state index in [1.165, 1.54) is 27.8 Å². The van der Waals surface area contributed by atoms with Gasteiger partial charge in [-0.05, 0) is 66.6 Å². The number of ether oxygens (including phenoxy) is 1.